The van der Waals surface area contributed by atoms with Crippen molar-refractivity contribution in [3.63, 3.8) is 0 Å². The molecule has 1 amide bonds. The van der Waals surface area contributed by atoms with Gasteiger partial charge in [-0.1, -0.05) is 48.0 Å². The first-order valence-corrected chi connectivity index (χ1v) is 12.4. The Morgan fingerprint density at radius 3 is 2.10 bits per heavy atom. The molecule has 0 heterocycles. The topological polar surface area (TPSA) is 75.3 Å². The lowest BCUT2D eigenvalue weighted by Crippen LogP contribution is -2.45. The monoisotopic (exact) mass is 548 g/mol. The van der Waals surface area contributed by atoms with Crippen LogP contribution >= 0.6 is 22.6 Å². The molecule has 0 bridgehead atoms. The third kappa shape index (κ3) is 6.15. The molecule has 31 heavy (non-hydrogen) atoms. The van der Waals surface area contributed by atoms with Crippen LogP contribution in [0.5, 0.6) is 0 Å². The Morgan fingerprint density at radius 1 is 0.935 bits per heavy atom. The van der Waals surface area contributed by atoms with Gasteiger partial charge in [-0.3, -0.25) is 4.79 Å². The number of carbonyl (C=O) groups is 1. The number of anilines is 1. The van der Waals surface area contributed by atoms with E-state index in [0.29, 0.717) is 16.8 Å². The number of halogens is 1. The van der Waals surface area contributed by atoms with Crippen molar-refractivity contribution in [1.29, 1.82) is 0 Å². The van der Waals surface area contributed by atoms with Crippen molar-refractivity contribution in [3.05, 3.63) is 92.6 Å². The first kappa shape index (κ1) is 23.4. The lowest BCUT2D eigenvalue weighted by atomic mass is 10.1. The van der Waals surface area contributed by atoms with E-state index >= 15 is 0 Å². The van der Waals surface area contributed by atoms with Gasteiger partial charge >= 0.3 is 0 Å². The van der Waals surface area contributed by atoms with E-state index in [0.717, 1.165) is 14.7 Å². The van der Waals surface area contributed by atoms with E-state index in [1.165, 1.54) is 0 Å². The molecule has 0 saturated heterocycles. The second-order valence-corrected chi connectivity index (χ2v) is 10.5. The van der Waals surface area contributed by atoms with Crippen molar-refractivity contribution in [2.24, 2.45) is 0 Å². The van der Waals surface area contributed by atoms with Gasteiger partial charge in [-0.15, -0.1) is 0 Å². The van der Waals surface area contributed by atoms with Gasteiger partial charge in [-0.05, 0) is 90.7 Å². The molecule has 3 aromatic rings. The fraction of sp³-hybridized carbons (Fsp3) is 0.208. The predicted molar refractivity (Wildman–Crippen MR) is 133 cm³/mol. The number of hydrogen-bond acceptors (Lipinski definition) is 3. The minimum atomic E-state index is -3.91. The highest BCUT2D eigenvalue weighted by molar-refractivity contribution is 14.1. The second kappa shape index (κ2) is 9.93. The summed E-state index contributed by atoms with van der Waals surface area (Å²) >= 11 is 2.19. The predicted octanol–water partition coefficient (Wildman–Crippen LogP) is 4.74. The fourth-order valence-electron chi connectivity index (χ4n) is 3.64. The summed E-state index contributed by atoms with van der Waals surface area (Å²) < 4.78 is 30.3. The summed E-state index contributed by atoms with van der Waals surface area (Å²) in [6, 6.07) is 19.4. The number of sulfonamides is 1. The van der Waals surface area contributed by atoms with E-state index in [2.05, 4.69) is 32.6 Å². The van der Waals surface area contributed by atoms with E-state index in [1.54, 1.807) is 26.0 Å². The van der Waals surface area contributed by atoms with Gasteiger partial charge in [0.25, 0.3) is 0 Å². The van der Waals surface area contributed by atoms with E-state index in [4.69, 9.17) is 0 Å². The van der Waals surface area contributed by atoms with Gasteiger partial charge in [-0.2, -0.15) is 4.72 Å². The molecule has 0 unspecified atom stereocenters. The summed E-state index contributed by atoms with van der Waals surface area (Å²) in [6.07, 6.45) is 0.236. The zero-order valence-electron chi connectivity index (χ0n) is 17.6. The molecule has 1 atom stereocenters. The molecule has 5 nitrogen and oxygen atoms in total. The Labute approximate surface area is 197 Å². The number of hydrogen-bond donors (Lipinski definition) is 2. The number of benzene rings is 3. The largest absolute Gasteiger partial charge is 0.325 e. The lowest BCUT2D eigenvalue weighted by Gasteiger charge is -2.20. The first-order chi connectivity index (χ1) is 14.7. The van der Waals surface area contributed by atoms with E-state index in [-0.39, 0.29) is 11.3 Å². The molecular formula is C24H25IN2O3S. The van der Waals surface area contributed by atoms with Crippen LogP contribution in [0, 0.1) is 24.3 Å². The quantitative estimate of drug-likeness (QED) is 0.419. The van der Waals surface area contributed by atoms with Crippen LogP contribution in [0.4, 0.5) is 5.69 Å². The van der Waals surface area contributed by atoms with Gasteiger partial charge in [-0.25, -0.2) is 8.42 Å². The van der Waals surface area contributed by atoms with Crippen LogP contribution in [0.3, 0.4) is 0 Å². The van der Waals surface area contributed by atoms with Crippen molar-refractivity contribution in [1.82, 2.24) is 4.72 Å². The van der Waals surface area contributed by atoms with E-state index < -0.39 is 22.0 Å². The van der Waals surface area contributed by atoms with Gasteiger partial charge in [0.2, 0.25) is 15.9 Å². The van der Waals surface area contributed by atoms with Crippen molar-refractivity contribution in [2.45, 2.75) is 38.1 Å². The third-order valence-electron chi connectivity index (χ3n) is 4.88. The first-order valence-electron chi connectivity index (χ1n) is 9.86. The van der Waals surface area contributed by atoms with Crippen LogP contribution in [-0.4, -0.2) is 20.4 Å². The van der Waals surface area contributed by atoms with Gasteiger partial charge in [0.15, 0.2) is 0 Å². The number of amides is 1. The molecule has 0 aliphatic rings. The Kier molecular flexibility index (Phi) is 7.51. The van der Waals surface area contributed by atoms with E-state index in [9.17, 15) is 13.2 Å². The van der Waals surface area contributed by atoms with Crippen LogP contribution in [0.25, 0.3) is 0 Å². The molecule has 0 aromatic heterocycles. The van der Waals surface area contributed by atoms with Crippen LogP contribution < -0.4 is 10.0 Å². The maximum absolute atomic E-state index is 13.3. The summed E-state index contributed by atoms with van der Waals surface area (Å²) in [7, 11) is -3.91. The third-order valence-corrected chi connectivity index (χ3v) is 7.38. The zero-order valence-corrected chi connectivity index (χ0v) is 20.6. The van der Waals surface area contributed by atoms with Gasteiger partial charge < -0.3 is 5.32 Å². The minimum Gasteiger partial charge on any atom is -0.325 e. The fourth-order valence-corrected chi connectivity index (χ4v) is 5.65. The number of rotatable bonds is 7. The molecule has 0 aliphatic carbocycles. The molecule has 0 spiro atoms. The molecule has 0 fully saturated rings. The van der Waals surface area contributed by atoms with Gasteiger partial charge in [0, 0.05) is 9.26 Å². The minimum absolute atomic E-state index is 0.221. The molecule has 162 valence electrons. The maximum Gasteiger partial charge on any atom is 0.242 e. The smallest absolute Gasteiger partial charge is 0.242 e. The Morgan fingerprint density at radius 2 is 1.52 bits per heavy atom. The van der Waals surface area contributed by atoms with Crippen molar-refractivity contribution in [3.8, 4) is 0 Å². The van der Waals surface area contributed by atoms with Gasteiger partial charge in [0.05, 0.1) is 4.90 Å². The molecule has 3 aromatic carbocycles. The Hall–Kier alpha value is -2.23. The molecule has 0 aliphatic heterocycles. The molecule has 0 saturated carbocycles. The normalized spacial score (nSPS) is 12.4. The Bertz CT molecular complexity index is 1150. The Balaban J connectivity index is 1.92. The summed E-state index contributed by atoms with van der Waals surface area (Å²) in [5, 5.41) is 2.83. The number of carbonyl (C=O) groups excluding carboxylic acids is 1. The average molecular weight is 548 g/mol. The molecule has 7 heteroatoms. The summed E-state index contributed by atoms with van der Waals surface area (Å²) in [4.78, 5) is 13.3. The highest BCUT2D eigenvalue weighted by Crippen LogP contribution is 2.22. The zero-order chi connectivity index (χ0) is 22.6. The lowest BCUT2D eigenvalue weighted by molar-refractivity contribution is -0.117. The molecular weight excluding hydrogens is 523 g/mol. The van der Waals surface area contributed by atoms with Crippen LogP contribution in [0.1, 0.15) is 22.3 Å². The SMILES string of the molecule is Cc1cc(C)c(S(=O)(=O)N[C@H](Cc2ccccc2)C(=O)Nc2ccc(I)cc2)c(C)c1. The maximum atomic E-state index is 13.3. The molecule has 2 N–H and O–H groups in total. The van der Waals surface area contributed by atoms with Crippen LogP contribution in [0.2, 0.25) is 0 Å². The van der Waals surface area contributed by atoms with Crippen molar-refractivity contribution in [2.75, 3.05) is 5.32 Å². The van der Waals surface area contributed by atoms with Gasteiger partial charge in [0.1, 0.15) is 6.04 Å². The number of nitrogens with one attached hydrogen (secondary N) is 2. The summed E-state index contributed by atoms with van der Waals surface area (Å²) in [5.41, 5.74) is 3.78. The average Bonchev–Trinajstić information content (AvgIpc) is 2.68. The standard InChI is InChI=1S/C24H25IN2O3S/c1-16-13-17(2)23(18(3)14-16)31(29,30)27-22(15-19-7-5-4-6-8-19)24(28)26-21-11-9-20(25)10-12-21/h4-14,22,27H,15H2,1-3H3,(H,26,28)/t22-/m1/s1. The van der Waals surface area contributed by atoms with Crippen molar-refractivity contribution >= 4 is 44.2 Å². The van der Waals surface area contributed by atoms with Crippen molar-refractivity contribution < 1.29 is 13.2 Å². The van der Waals surface area contributed by atoms with Crippen LogP contribution in [0.15, 0.2) is 71.6 Å². The highest BCUT2D eigenvalue weighted by atomic mass is 127. The second-order valence-electron chi connectivity index (χ2n) is 7.59. The molecule has 3 rings (SSSR count). The number of aryl methyl sites for hydroxylation is 3. The highest BCUT2D eigenvalue weighted by Gasteiger charge is 2.28. The van der Waals surface area contributed by atoms with Crippen LogP contribution in [-0.2, 0) is 21.2 Å². The summed E-state index contributed by atoms with van der Waals surface area (Å²) in [5.74, 6) is -0.406. The summed E-state index contributed by atoms with van der Waals surface area (Å²) in [6.45, 7) is 5.47. The molecule has 0 radical (unpaired) electrons. The van der Waals surface area contributed by atoms with E-state index in [1.807, 2.05) is 61.5 Å².